The molecule has 2 aromatic rings. The molecule has 7 nitrogen and oxygen atoms in total. The summed E-state index contributed by atoms with van der Waals surface area (Å²) < 4.78 is 49.9. The van der Waals surface area contributed by atoms with Crippen LogP contribution in [0.2, 0.25) is 0 Å². The van der Waals surface area contributed by atoms with E-state index in [9.17, 15) is 33.3 Å². The summed E-state index contributed by atoms with van der Waals surface area (Å²) in [5.74, 6) is -2.76. The van der Waals surface area contributed by atoms with Crippen LogP contribution in [-0.4, -0.2) is 69.7 Å². The van der Waals surface area contributed by atoms with Gasteiger partial charge in [0.1, 0.15) is 24.4 Å². The van der Waals surface area contributed by atoms with E-state index in [0.29, 0.717) is 5.39 Å². The highest BCUT2D eigenvalue weighted by atomic mass is 19.4. The van der Waals surface area contributed by atoms with Gasteiger partial charge in [-0.3, -0.25) is 4.79 Å². The Balaban J connectivity index is 1.88. The molecular formula is C20H19F3O7. The van der Waals surface area contributed by atoms with Crippen molar-refractivity contribution >= 4 is 16.6 Å². The number of halogens is 3. The van der Waals surface area contributed by atoms with Gasteiger partial charge in [-0.1, -0.05) is 36.4 Å². The van der Waals surface area contributed by atoms with Crippen LogP contribution in [0.3, 0.4) is 0 Å². The van der Waals surface area contributed by atoms with Crippen molar-refractivity contribution in [1.29, 1.82) is 0 Å². The van der Waals surface area contributed by atoms with Crippen molar-refractivity contribution < 1.29 is 47.9 Å². The quantitative estimate of drug-likeness (QED) is 0.322. The minimum absolute atomic E-state index is 0.0205. The first-order valence-corrected chi connectivity index (χ1v) is 8.91. The van der Waals surface area contributed by atoms with Crippen LogP contribution in [0.25, 0.3) is 10.8 Å². The lowest BCUT2D eigenvalue weighted by Gasteiger charge is -2.39. The summed E-state index contributed by atoms with van der Waals surface area (Å²) in [6, 6.07) is 11.4. The molecule has 0 aromatic heterocycles. The van der Waals surface area contributed by atoms with Gasteiger partial charge in [0, 0.05) is 11.6 Å². The molecule has 162 valence electrons. The molecule has 1 saturated heterocycles. The molecule has 10 heteroatoms. The van der Waals surface area contributed by atoms with Crippen molar-refractivity contribution in [3.05, 3.63) is 59.9 Å². The van der Waals surface area contributed by atoms with Crippen molar-refractivity contribution in [3.63, 3.8) is 0 Å². The molecule has 5 atom stereocenters. The number of fused-ring (bicyclic) bond motifs is 1. The summed E-state index contributed by atoms with van der Waals surface area (Å²) in [5, 5.41) is 39.9. The normalized spacial score (nSPS) is 27.8. The van der Waals surface area contributed by atoms with Gasteiger partial charge >= 0.3 is 6.18 Å². The van der Waals surface area contributed by atoms with E-state index in [1.807, 2.05) is 0 Å². The fourth-order valence-electron chi connectivity index (χ4n) is 3.02. The maximum absolute atomic E-state index is 13.4. The average molecular weight is 428 g/mol. The molecule has 3 rings (SSSR count). The van der Waals surface area contributed by atoms with Crippen molar-refractivity contribution in [1.82, 2.24) is 0 Å². The zero-order valence-electron chi connectivity index (χ0n) is 15.4. The molecule has 0 radical (unpaired) electrons. The SMILES string of the molecule is O=C(/C=C(\OC1O[C@H](CO)[C@H](O)[C@H](O)[C@H]1O)C(F)(F)F)c1ccc2ccccc2c1. The number of hydrogen-bond donors (Lipinski definition) is 4. The van der Waals surface area contributed by atoms with E-state index in [1.54, 1.807) is 30.3 Å². The molecule has 1 aliphatic heterocycles. The van der Waals surface area contributed by atoms with E-state index in [1.165, 1.54) is 12.1 Å². The number of aliphatic hydroxyl groups is 4. The van der Waals surface area contributed by atoms with Gasteiger partial charge in [-0.2, -0.15) is 13.2 Å². The molecule has 0 bridgehead atoms. The monoisotopic (exact) mass is 428 g/mol. The maximum atomic E-state index is 13.4. The Kier molecular flexibility index (Phi) is 6.44. The van der Waals surface area contributed by atoms with Crippen LogP contribution in [0.4, 0.5) is 13.2 Å². The van der Waals surface area contributed by atoms with Gasteiger partial charge in [0.05, 0.1) is 6.61 Å². The number of aliphatic hydroxyl groups excluding tert-OH is 4. The van der Waals surface area contributed by atoms with Gasteiger partial charge in [0.25, 0.3) is 0 Å². The van der Waals surface area contributed by atoms with Gasteiger partial charge in [-0.15, -0.1) is 0 Å². The molecule has 2 aromatic carbocycles. The smallest absolute Gasteiger partial charge is 0.449 e. The predicted octanol–water partition coefficient (Wildman–Crippen LogP) is 1.29. The lowest BCUT2D eigenvalue weighted by atomic mass is 9.99. The third-order valence-electron chi connectivity index (χ3n) is 4.67. The largest absolute Gasteiger partial charge is 0.457 e. The molecule has 1 unspecified atom stereocenters. The first kappa shape index (κ1) is 22.2. The van der Waals surface area contributed by atoms with E-state index in [2.05, 4.69) is 4.74 Å². The molecule has 1 aliphatic rings. The first-order chi connectivity index (χ1) is 14.1. The van der Waals surface area contributed by atoms with Gasteiger partial charge in [0.2, 0.25) is 12.0 Å². The molecule has 0 aliphatic carbocycles. The zero-order chi connectivity index (χ0) is 22.1. The summed E-state index contributed by atoms with van der Waals surface area (Å²) >= 11 is 0. The second-order valence-electron chi connectivity index (χ2n) is 6.75. The number of carbonyl (C=O) groups excluding carboxylic acids is 1. The van der Waals surface area contributed by atoms with Crippen LogP contribution in [0.1, 0.15) is 10.4 Å². The number of benzene rings is 2. The molecule has 30 heavy (non-hydrogen) atoms. The Bertz CT molecular complexity index is 941. The average Bonchev–Trinajstić information content (AvgIpc) is 2.72. The van der Waals surface area contributed by atoms with E-state index in [0.717, 1.165) is 5.39 Å². The maximum Gasteiger partial charge on any atom is 0.449 e. The van der Waals surface area contributed by atoms with Crippen molar-refractivity contribution in [2.75, 3.05) is 6.61 Å². The molecule has 4 N–H and O–H groups in total. The van der Waals surface area contributed by atoms with Gasteiger partial charge in [0.15, 0.2) is 5.78 Å². The van der Waals surface area contributed by atoms with Crippen LogP contribution >= 0.6 is 0 Å². The fourth-order valence-corrected chi connectivity index (χ4v) is 3.02. The third-order valence-corrected chi connectivity index (χ3v) is 4.67. The Morgan fingerprint density at radius 3 is 2.33 bits per heavy atom. The number of allylic oxidation sites excluding steroid dienone is 2. The second-order valence-corrected chi connectivity index (χ2v) is 6.75. The number of ketones is 1. The summed E-state index contributed by atoms with van der Waals surface area (Å²) in [6.45, 7) is -0.841. The number of rotatable bonds is 5. The highest BCUT2D eigenvalue weighted by Gasteiger charge is 2.47. The van der Waals surface area contributed by atoms with Crippen molar-refractivity contribution in [3.8, 4) is 0 Å². The van der Waals surface area contributed by atoms with Crippen LogP contribution < -0.4 is 0 Å². The molecule has 1 heterocycles. The highest BCUT2D eigenvalue weighted by molar-refractivity contribution is 6.07. The minimum Gasteiger partial charge on any atom is -0.457 e. The fraction of sp³-hybridized carbons (Fsp3) is 0.350. The number of ether oxygens (including phenoxy) is 2. The number of alkyl halides is 3. The Labute approximate surface area is 168 Å². The highest BCUT2D eigenvalue weighted by Crippen LogP contribution is 2.32. The third kappa shape index (κ3) is 4.63. The molecule has 0 amide bonds. The summed E-state index contributed by atoms with van der Waals surface area (Å²) in [6.07, 6.45) is -14.2. The Morgan fingerprint density at radius 2 is 1.70 bits per heavy atom. The molecule has 1 fully saturated rings. The summed E-state index contributed by atoms with van der Waals surface area (Å²) in [5.41, 5.74) is -0.0205. The molecular weight excluding hydrogens is 409 g/mol. The lowest BCUT2D eigenvalue weighted by Crippen LogP contribution is -2.59. The standard InChI is InChI=1S/C20H19F3O7/c21-20(22,23)15(30-19-18(28)17(27)16(26)14(9-24)29-19)8-13(25)12-6-5-10-3-1-2-4-11(10)7-12/h1-8,14,16-19,24,26-28H,9H2/b15-8-/t14-,16+,17+,18-,19?/m1/s1. The van der Waals surface area contributed by atoms with Crippen LogP contribution in [0, 0.1) is 0 Å². The van der Waals surface area contributed by atoms with Gasteiger partial charge in [-0.05, 0) is 16.8 Å². The van der Waals surface area contributed by atoms with E-state index >= 15 is 0 Å². The van der Waals surface area contributed by atoms with E-state index in [-0.39, 0.29) is 11.6 Å². The van der Waals surface area contributed by atoms with Crippen LogP contribution in [0.5, 0.6) is 0 Å². The van der Waals surface area contributed by atoms with E-state index < -0.39 is 55.0 Å². The summed E-state index contributed by atoms with van der Waals surface area (Å²) in [7, 11) is 0. The Morgan fingerprint density at radius 1 is 1.03 bits per heavy atom. The molecule has 0 saturated carbocycles. The lowest BCUT2D eigenvalue weighted by molar-refractivity contribution is -0.302. The number of hydrogen-bond acceptors (Lipinski definition) is 7. The zero-order valence-corrected chi connectivity index (χ0v) is 15.4. The predicted molar refractivity (Wildman–Crippen MR) is 97.3 cm³/mol. The number of carbonyl (C=O) groups is 1. The second kappa shape index (κ2) is 8.70. The van der Waals surface area contributed by atoms with Crippen LogP contribution in [0.15, 0.2) is 54.3 Å². The topological polar surface area (TPSA) is 116 Å². The van der Waals surface area contributed by atoms with Crippen molar-refractivity contribution in [2.24, 2.45) is 0 Å². The Hall–Kier alpha value is -2.50. The first-order valence-electron chi connectivity index (χ1n) is 8.91. The minimum atomic E-state index is -5.12. The summed E-state index contributed by atoms with van der Waals surface area (Å²) in [4.78, 5) is 12.4. The van der Waals surface area contributed by atoms with Crippen molar-refractivity contribution in [2.45, 2.75) is 36.9 Å². The van der Waals surface area contributed by atoms with Crippen LogP contribution in [-0.2, 0) is 9.47 Å². The van der Waals surface area contributed by atoms with Gasteiger partial charge in [-0.25, -0.2) is 0 Å². The van der Waals surface area contributed by atoms with Gasteiger partial charge < -0.3 is 29.9 Å². The van der Waals surface area contributed by atoms with E-state index in [4.69, 9.17) is 9.84 Å². The molecule has 0 spiro atoms.